The Balaban J connectivity index is 1.54. The molecule has 0 atom stereocenters. The first kappa shape index (κ1) is 20.1. The van der Waals surface area contributed by atoms with Crippen LogP contribution in [0, 0.1) is 0 Å². The molecular formula is C23H27N3O2S. The van der Waals surface area contributed by atoms with E-state index < -0.39 is 0 Å². The number of unbranched alkanes of at least 4 members (excludes halogenated alkanes) is 1. The third kappa shape index (κ3) is 4.71. The predicted molar refractivity (Wildman–Crippen MR) is 119 cm³/mol. The monoisotopic (exact) mass is 409 g/mol. The first-order chi connectivity index (χ1) is 14.3. The summed E-state index contributed by atoms with van der Waals surface area (Å²) in [7, 11) is 0. The molecule has 0 saturated carbocycles. The van der Waals surface area contributed by atoms with E-state index in [-0.39, 0.29) is 5.91 Å². The normalized spacial score (nSPS) is 18.4. The third-order valence-corrected chi connectivity index (χ3v) is 6.29. The van der Waals surface area contributed by atoms with Crippen molar-refractivity contribution in [2.24, 2.45) is 4.99 Å². The Labute approximate surface area is 176 Å². The van der Waals surface area contributed by atoms with Crippen molar-refractivity contribution >= 4 is 34.8 Å². The number of carbonyl (C=O) groups is 1. The molecule has 0 N–H and O–H groups in total. The summed E-state index contributed by atoms with van der Waals surface area (Å²) in [5.41, 5.74) is 3.19. The zero-order chi connectivity index (χ0) is 20.1. The van der Waals surface area contributed by atoms with E-state index in [0.29, 0.717) is 25.6 Å². The Morgan fingerprint density at radius 1 is 1.07 bits per heavy atom. The van der Waals surface area contributed by atoms with Crippen molar-refractivity contribution in [3.05, 3.63) is 54.1 Å². The van der Waals surface area contributed by atoms with Gasteiger partial charge in [0.05, 0.1) is 31.3 Å². The van der Waals surface area contributed by atoms with Gasteiger partial charge in [-0.3, -0.25) is 14.6 Å². The summed E-state index contributed by atoms with van der Waals surface area (Å²) in [6, 6.07) is 16.1. The minimum absolute atomic E-state index is 0.0286. The van der Waals surface area contributed by atoms with Gasteiger partial charge >= 0.3 is 0 Å². The standard InChI is InChI=1S/C23H27N3O2S/c1-2-3-16-29-19-10-8-18(9-11-19)24-22-20-6-4-5-7-21(20)26(23(22)27)17-25-12-14-28-15-13-25/h4-11H,2-3,12-17H2,1H3. The maximum absolute atomic E-state index is 13.2. The van der Waals surface area contributed by atoms with Crippen LogP contribution in [0.3, 0.4) is 0 Å². The van der Waals surface area contributed by atoms with Crippen LogP contribution in [-0.2, 0) is 9.53 Å². The van der Waals surface area contributed by atoms with E-state index in [4.69, 9.17) is 9.73 Å². The lowest BCUT2D eigenvalue weighted by Crippen LogP contribution is -2.45. The number of nitrogens with zero attached hydrogens (tertiary/aromatic N) is 3. The van der Waals surface area contributed by atoms with Crippen LogP contribution in [0.25, 0.3) is 0 Å². The Kier molecular flexibility index (Phi) is 6.64. The van der Waals surface area contributed by atoms with Crippen molar-refractivity contribution in [2.75, 3.05) is 43.6 Å². The second kappa shape index (κ2) is 9.57. The van der Waals surface area contributed by atoms with Gasteiger partial charge in [0, 0.05) is 23.5 Å². The van der Waals surface area contributed by atoms with Crippen molar-refractivity contribution in [2.45, 2.75) is 24.7 Å². The maximum atomic E-state index is 13.2. The fraction of sp³-hybridized carbons (Fsp3) is 0.391. The van der Waals surface area contributed by atoms with Crippen LogP contribution in [0.1, 0.15) is 25.3 Å². The molecule has 2 aliphatic heterocycles. The van der Waals surface area contributed by atoms with Gasteiger partial charge in [-0.2, -0.15) is 0 Å². The number of morpholine rings is 1. The molecule has 1 fully saturated rings. The van der Waals surface area contributed by atoms with Gasteiger partial charge in [0.15, 0.2) is 0 Å². The summed E-state index contributed by atoms with van der Waals surface area (Å²) in [6.07, 6.45) is 2.43. The number of para-hydroxylation sites is 1. The molecule has 0 aliphatic carbocycles. The van der Waals surface area contributed by atoms with Crippen molar-refractivity contribution in [1.82, 2.24) is 4.90 Å². The Morgan fingerprint density at radius 2 is 1.83 bits per heavy atom. The number of anilines is 1. The van der Waals surface area contributed by atoms with E-state index in [0.717, 1.165) is 35.8 Å². The Bertz CT molecular complexity index is 876. The summed E-state index contributed by atoms with van der Waals surface area (Å²) in [5, 5.41) is 0. The smallest absolute Gasteiger partial charge is 0.278 e. The maximum Gasteiger partial charge on any atom is 0.278 e. The van der Waals surface area contributed by atoms with Crippen LogP contribution in [-0.4, -0.2) is 55.2 Å². The molecule has 0 radical (unpaired) electrons. The van der Waals surface area contributed by atoms with Crippen molar-refractivity contribution in [1.29, 1.82) is 0 Å². The fourth-order valence-corrected chi connectivity index (χ4v) is 4.53. The van der Waals surface area contributed by atoms with Crippen molar-refractivity contribution in [3.63, 3.8) is 0 Å². The average Bonchev–Trinajstić information content (AvgIpc) is 3.02. The van der Waals surface area contributed by atoms with Crippen molar-refractivity contribution < 1.29 is 9.53 Å². The third-order valence-electron chi connectivity index (χ3n) is 5.19. The number of benzene rings is 2. The number of carbonyl (C=O) groups excluding carboxylic acids is 1. The largest absolute Gasteiger partial charge is 0.379 e. The molecule has 2 aromatic rings. The van der Waals surface area contributed by atoms with Crippen LogP contribution in [0.15, 0.2) is 58.4 Å². The molecule has 0 unspecified atom stereocenters. The van der Waals surface area contributed by atoms with E-state index in [1.165, 1.54) is 17.7 Å². The van der Waals surface area contributed by atoms with E-state index >= 15 is 0 Å². The summed E-state index contributed by atoms with van der Waals surface area (Å²) in [4.78, 5) is 23.3. The lowest BCUT2D eigenvalue weighted by molar-refractivity contribution is -0.112. The second-order valence-electron chi connectivity index (χ2n) is 7.28. The number of fused-ring (bicyclic) bond motifs is 1. The van der Waals surface area contributed by atoms with Crippen LogP contribution < -0.4 is 4.90 Å². The van der Waals surface area contributed by atoms with Crippen LogP contribution >= 0.6 is 11.8 Å². The molecule has 1 amide bonds. The highest BCUT2D eigenvalue weighted by molar-refractivity contribution is 7.99. The summed E-state index contributed by atoms with van der Waals surface area (Å²) in [6.45, 7) is 5.90. The molecular weight excluding hydrogens is 382 g/mol. The minimum atomic E-state index is -0.0286. The zero-order valence-electron chi connectivity index (χ0n) is 16.8. The molecule has 2 heterocycles. The van der Waals surface area contributed by atoms with Gasteiger partial charge in [0.25, 0.3) is 5.91 Å². The van der Waals surface area contributed by atoms with E-state index in [2.05, 4.69) is 24.0 Å². The molecule has 6 heteroatoms. The second-order valence-corrected chi connectivity index (χ2v) is 8.45. The number of amides is 1. The minimum Gasteiger partial charge on any atom is -0.379 e. The molecule has 4 rings (SSSR count). The van der Waals surface area contributed by atoms with Gasteiger partial charge < -0.3 is 4.74 Å². The van der Waals surface area contributed by atoms with Gasteiger partial charge in [-0.25, -0.2) is 4.99 Å². The topological polar surface area (TPSA) is 45.1 Å². The highest BCUT2D eigenvalue weighted by Crippen LogP contribution is 2.31. The number of hydrogen-bond acceptors (Lipinski definition) is 5. The molecule has 0 spiro atoms. The van der Waals surface area contributed by atoms with Gasteiger partial charge in [-0.1, -0.05) is 31.5 Å². The number of rotatable bonds is 7. The van der Waals surface area contributed by atoms with Crippen molar-refractivity contribution in [3.8, 4) is 0 Å². The molecule has 0 aromatic heterocycles. The van der Waals surface area contributed by atoms with E-state index in [1.54, 1.807) is 0 Å². The lowest BCUT2D eigenvalue weighted by atomic mass is 10.1. The number of aliphatic imine (C=N–C) groups is 1. The average molecular weight is 410 g/mol. The first-order valence-corrected chi connectivity index (χ1v) is 11.3. The molecule has 2 aromatic carbocycles. The molecule has 2 aliphatic rings. The molecule has 152 valence electrons. The van der Waals surface area contributed by atoms with Gasteiger partial charge in [-0.05, 0) is 42.5 Å². The lowest BCUT2D eigenvalue weighted by Gasteiger charge is -2.30. The first-order valence-electron chi connectivity index (χ1n) is 10.3. The summed E-state index contributed by atoms with van der Waals surface area (Å²) >= 11 is 1.87. The number of ether oxygens (including phenoxy) is 1. The fourth-order valence-electron chi connectivity index (χ4n) is 3.53. The molecule has 0 bridgehead atoms. The van der Waals surface area contributed by atoms with Gasteiger partial charge in [0.1, 0.15) is 5.71 Å². The molecule has 1 saturated heterocycles. The molecule has 29 heavy (non-hydrogen) atoms. The van der Waals surface area contributed by atoms with E-state index in [1.807, 2.05) is 53.1 Å². The number of thioether (sulfide) groups is 1. The SMILES string of the molecule is CCCCSc1ccc(N=C2C(=O)N(CN3CCOCC3)c3ccccc32)cc1. The van der Waals surface area contributed by atoms with E-state index in [9.17, 15) is 4.79 Å². The van der Waals surface area contributed by atoms with Crippen LogP contribution in [0.5, 0.6) is 0 Å². The summed E-state index contributed by atoms with van der Waals surface area (Å²) in [5.74, 6) is 1.10. The quantitative estimate of drug-likeness (QED) is 0.504. The number of hydrogen-bond donors (Lipinski definition) is 0. The highest BCUT2D eigenvalue weighted by atomic mass is 32.2. The summed E-state index contributed by atoms with van der Waals surface area (Å²) < 4.78 is 5.43. The Morgan fingerprint density at radius 3 is 2.59 bits per heavy atom. The zero-order valence-corrected chi connectivity index (χ0v) is 17.7. The highest BCUT2D eigenvalue weighted by Gasteiger charge is 2.34. The predicted octanol–water partition coefficient (Wildman–Crippen LogP) is 4.34. The van der Waals surface area contributed by atoms with Crippen LogP contribution in [0.2, 0.25) is 0 Å². The Hall–Kier alpha value is -2.15. The van der Waals surface area contributed by atoms with Gasteiger partial charge in [0.2, 0.25) is 0 Å². The molecule has 5 nitrogen and oxygen atoms in total. The van der Waals surface area contributed by atoms with Gasteiger partial charge in [-0.15, -0.1) is 11.8 Å². The van der Waals surface area contributed by atoms with Crippen LogP contribution in [0.4, 0.5) is 11.4 Å².